The first-order chi connectivity index (χ1) is 14.2. The van der Waals surface area contributed by atoms with Crippen LogP contribution in [0.1, 0.15) is 23.1 Å². The number of aryl methyl sites for hydroxylation is 1. The van der Waals surface area contributed by atoms with Crippen molar-refractivity contribution in [1.29, 1.82) is 5.41 Å². The summed E-state index contributed by atoms with van der Waals surface area (Å²) in [6.07, 6.45) is 0.411. The maximum atomic E-state index is 12.9. The van der Waals surface area contributed by atoms with E-state index in [1.165, 1.54) is 11.3 Å². The van der Waals surface area contributed by atoms with E-state index in [1.807, 2.05) is 31.2 Å². The zero-order valence-electron chi connectivity index (χ0n) is 16.4. The maximum absolute atomic E-state index is 12.9. The summed E-state index contributed by atoms with van der Waals surface area (Å²) >= 11 is 1.20. The average molecular weight is 443 g/mol. The van der Waals surface area contributed by atoms with Gasteiger partial charge in [0.1, 0.15) is 16.1 Å². The van der Waals surface area contributed by atoms with E-state index in [0.717, 1.165) is 21.2 Å². The van der Waals surface area contributed by atoms with Crippen LogP contribution in [-0.2, 0) is 21.4 Å². The number of nitrogens with two attached hydrogens (primary N) is 1. The molecule has 0 saturated carbocycles. The molecule has 1 saturated heterocycles. The van der Waals surface area contributed by atoms with E-state index in [-0.39, 0.29) is 16.0 Å². The molecule has 2 aromatic carbocycles. The summed E-state index contributed by atoms with van der Waals surface area (Å²) < 4.78 is 29.5. The van der Waals surface area contributed by atoms with Crippen LogP contribution in [0.25, 0.3) is 10.1 Å². The molecule has 1 aliphatic rings. The lowest BCUT2D eigenvalue weighted by atomic mass is 10.1. The molecule has 1 fully saturated rings. The van der Waals surface area contributed by atoms with Gasteiger partial charge in [-0.25, -0.2) is 8.42 Å². The number of hydrogen-bond acceptors (Lipinski definition) is 5. The Kier molecular flexibility index (Phi) is 5.35. The Labute approximate surface area is 179 Å². The second-order valence-electron chi connectivity index (χ2n) is 7.39. The number of nitrogens with zero attached hydrogens (tertiary/aromatic N) is 1. The Bertz CT molecular complexity index is 1250. The van der Waals surface area contributed by atoms with Crippen LogP contribution in [0.2, 0.25) is 0 Å². The van der Waals surface area contributed by atoms with Gasteiger partial charge in [0.25, 0.3) is 10.0 Å². The van der Waals surface area contributed by atoms with E-state index in [1.54, 1.807) is 29.2 Å². The van der Waals surface area contributed by atoms with Crippen LogP contribution in [0.4, 0.5) is 0 Å². The molecule has 1 amide bonds. The number of amides is 1. The summed E-state index contributed by atoms with van der Waals surface area (Å²) in [5.41, 5.74) is 7.98. The zero-order valence-corrected chi connectivity index (χ0v) is 18.0. The second-order valence-corrected chi connectivity index (χ2v) is 10.4. The van der Waals surface area contributed by atoms with Gasteiger partial charge in [-0.05, 0) is 48.1 Å². The summed E-state index contributed by atoms with van der Waals surface area (Å²) in [6.45, 7) is 2.75. The van der Waals surface area contributed by atoms with Crippen molar-refractivity contribution in [2.45, 2.75) is 30.1 Å². The van der Waals surface area contributed by atoms with Gasteiger partial charge < -0.3 is 10.6 Å². The number of sulfonamides is 1. The molecule has 4 rings (SSSR count). The van der Waals surface area contributed by atoms with Crippen molar-refractivity contribution in [3.05, 3.63) is 65.2 Å². The third-order valence-electron chi connectivity index (χ3n) is 5.23. The minimum Gasteiger partial charge on any atom is -0.384 e. The van der Waals surface area contributed by atoms with Gasteiger partial charge in [-0.3, -0.25) is 10.2 Å². The van der Waals surface area contributed by atoms with Crippen LogP contribution in [0.3, 0.4) is 0 Å². The molecule has 0 spiro atoms. The molecule has 1 aliphatic heterocycles. The minimum atomic E-state index is -3.79. The number of benzene rings is 2. The van der Waals surface area contributed by atoms with E-state index in [0.29, 0.717) is 25.1 Å². The number of nitrogen functional groups attached to an aromatic ring is 1. The first-order valence-electron chi connectivity index (χ1n) is 9.48. The minimum absolute atomic E-state index is 0.0335. The predicted molar refractivity (Wildman–Crippen MR) is 118 cm³/mol. The molecular weight excluding hydrogens is 420 g/mol. The van der Waals surface area contributed by atoms with Gasteiger partial charge in [0.2, 0.25) is 5.91 Å². The quantitative estimate of drug-likeness (QED) is 0.402. The van der Waals surface area contributed by atoms with E-state index < -0.39 is 16.1 Å². The van der Waals surface area contributed by atoms with Crippen molar-refractivity contribution in [3.63, 3.8) is 0 Å². The molecule has 30 heavy (non-hydrogen) atoms. The summed E-state index contributed by atoms with van der Waals surface area (Å²) in [5, 5.41) is 8.45. The van der Waals surface area contributed by atoms with Crippen molar-refractivity contribution in [3.8, 4) is 0 Å². The van der Waals surface area contributed by atoms with E-state index in [4.69, 9.17) is 11.1 Å². The molecule has 2 heterocycles. The predicted octanol–water partition coefficient (Wildman–Crippen LogP) is 2.57. The molecular formula is C21H22N4O3S2. The summed E-state index contributed by atoms with van der Waals surface area (Å²) in [6, 6.07) is 13.8. The number of likely N-dealkylation sites (tertiary alicyclic amines) is 1. The number of carbonyl (C=O) groups excluding carboxylic acids is 1. The van der Waals surface area contributed by atoms with Gasteiger partial charge in [-0.15, -0.1) is 11.3 Å². The Morgan fingerprint density at radius 1 is 1.27 bits per heavy atom. The number of thiophene rings is 1. The number of carbonyl (C=O) groups is 1. The van der Waals surface area contributed by atoms with Gasteiger partial charge in [-0.1, -0.05) is 30.3 Å². The Balaban J connectivity index is 1.49. The normalized spacial score (nSPS) is 17.0. The molecule has 1 aromatic heterocycles. The fraction of sp³-hybridized carbons (Fsp3) is 0.238. The van der Waals surface area contributed by atoms with Gasteiger partial charge in [-0.2, -0.15) is 4.72 Å². The maximum Gasteiger partial charge on any atom is 0.250 e. The molecule has 9 heteroatoms. The summed E-state index contributed by atoms with van der Waals surface area (Å²) in [5.74, 6) is -0.280. The third-order valence-corrected chi connectivity index (χ3v) is 8.27. The zero-order chi connectivity index (χ0) is 21.5. The van der Waals surface area contributed by atoms with Gasteiger partial charge >= 0.3 is 0 Å². The van der Waals surface area contributed by atoms with Gasteiger partial charge in [0.05, 0.1) is 0 Å². The molecule has 156 valence electrons. The lowest BCUT2D eigenvalue weighted by Crippen LogP contribution is -2.41. The van der Waals surface area contributed by atoms with Crippen LogP contribution in [0, 0.1) is 12.3 Å². The van der Waals surface area contributed by atoms with Gasteiger partial charge in [0, 0.05) is 23.4 Å². The van der Waals surface area contributed by atoms with Crippen molar-refractivity contribution in [1.82, 2.24) is 9.62 Å². The number of nitrogens with one attached hydrogen (secondary N) is 2. The smallest absolute Gasteiger partial charge is 0.250 e. The molecule has 4 N–H and O–H groups in total. The number of amidine groups is 1. The van der Waals surface area contributed by atoms with Crippen LogP contribution in [-0.4, -0.2) is 37.6 Å². The topological polar surface area (TPSA) is 116 Å². The molecule has 1 unspecified atom stereocenters. The van der Waals surface area contributed by atoms with E-state index >= 15 is 0 Å². The highest BCUT2D eigenvalue weighted by atomic mass is 32.2. The van der Waals surface area contributed by atoms with Crippen LogP contribution in [0.15, 0.2) is 52.7 Å². The SMILES string of the molecule is Cc1cccc2sc(S(=O)(=O)NC3CCN(Cc4cccc(C(=N)N)c4)C3=O)cc12. The van der Waals surface area contributed by atoms with Crippen molar-refractivity contribution in [2.75, 3.05) is 6.54 Å². The average Bonchev–Trinajstić information content (AvgIpc) is 3.29. The van der Waals surface area contributed by atoms with E-state index in [2.05, 4.69) is 4.72 Å². The monoisotopic (exact) mass is 442 g/mol. The Hall–Kier alpha value is -2.75. The standard InChI is InChI=1S/C21H22N4O3S2/c1-13-4-2-7-18-16(13)11-19(29-18)30(27,28)24-17-8-9-25(21(17)26)12-14-5-3-6-15(10-14)20(22)23/h2-7,10-11,17,24H,8-9,12H2,1H3,(H3,22,23). The number of hydrogen-bond donors (Lipinski definition) is 3. The first-order valence-corrected chi connectivity index (χ1v) is 11.8. The largest absolute Gasteiger partial charge is 0.384 e. The van der Waals surface area contributed by atoms with Crippen LogP contribution >= 0.6 is 11.3 Å². The van der Waals surface area contributed by atoms with Crippen molar-refractivity contribution in [2.24, 2.45) is 5.73 Å². The number of rotatable bonds is 6. The van der Waals surface area contributed by atoms with E-state index in [9.17, 15) is 13.2 Å². The fourth-order valence-corrected chi connectivity index (χ4v) is 6.33. The summed E-state index contributed by atoms with van der Waals surface area (Å²) in [7, 11) is -3.79. The highest BCUT2D eigenvalue weighted by molar-refractivity contribution is 7.91. The van der Waals surface area contributed by atoms with Crippen LogP contribution < -0.4 is 10.5 Å². The third kappa shape index (κ3) is 3.96. The van der Waals surface area contributed by atoms with Gasteiger partial charge in [0.15, 0.2) is 0 Å². The summed E-state index contributed by atoms with van der Waals surface area (Å²) in [4.78, 5) is 14.4. The lowest BCUT2D eigenvalue weighted by molar-refractivity contribution is -0.129. The molecule has 0 bridgehead atoms. The highest BCUT2D eigenvalue weighted by Gasteiger charge is 2.35. The molecule has 3 aromatic rings. The Morgan fingerprint density at radius 2 is 2.03 bits per heavy atom. The van der Waals surface area contributed by atoms with Crippen molar-refractivity contribution >= 4 is 43.2 Å². The van der Waals surface area contributed by atoms with Crippen LogP contribution in [0.5, 0.6) is 0 Å². The lowest BCUT2D eigenvalue weighted by Gasteiger charge is -2.17. The Morgan fingerprint density at radius 3 is 2.77 bits per heavy atom. The molecule has 0 aliphatic carbocycles. The first kappa shape index (κ1) is 20.5. The molecule has 0 radical (unpaired) electrons. The van der Waals surface area contributed by atoms with Crippen molar-refractivity contribution < 1.29 is 13.2 Å². The highest BCUT2D eigenvalue weighted by Crippen LogP contribution is 2.31. The number of fused-ring (bicyclic) bond motifs is 1. The second kappa shape index (κ2) is 7.82. The molecule has 7 nitrogen and oxygen atoms in total. The fourth-order valence-electron chi connectivity index (χ4n) is 3.62. The molecule has 1 atom stereocenters.